The maximum Gasteiger partial charge on any atom is 0.305 e. The zero-order valence-corrected chi connectivity index (χ0v) is 12.1. The number of hydrogen-bond donors (Lipinski definition) is 3. The van der Waals surface area contributed by atoms with Crippen LogP contribution >= 0.6 is 0 Å². The van der Waals surface area contributed by atoms with Crippen molar-refractivity contribution in [1.29, 1.82) is 0 Å². The predicted octanol–water partition coefficient (Wildman–Crippen LogP) is 2.12. The van der Waals surface area contributed by atoms with E-state index < -0.39 is 11.5 Å². The Labute approximate surface area is 122 Å². The third kappa shape index (κ3) is 3.71. The van der Waals surface area contributed by atoms with Crippen LogP contribution in [-0.2, 0) is 4.79 Å². The summed E-state index contributed by atoms with van der Waals surface area (Å²) in [7, 11) is 0. The number of carboxylic acids is 1. The van der Waals surface area contributed by atoms with E-state index in [-0.39, 0.29) is 23.8 Å². The minimum atomic E-state index is -0.909. The first-order chi connectivity index (χ1) is 9.92. The highest BCUT2D eigenvalue weighted by atomic mass is 16.4. The van der Waals surface area contributed by atoms with E-state index in [1.54, 1.807) is 0 Å². The number of carbonyl (C=O) groups excluding carboxylic acids is 2. The number of Topliss-reactive ketones (excluding diaryl/α,β-unsaturated/α-hetero) is 1. The highest BCUT2D eigenvalue weighted by molar-refractivity contribution is 5.99. The Morgan fingerprint density at radius 1 is 1.29 bits per heavy atom. The highest BCUT2D eigenvalue weighted by Crippen LogP contribution is 2.31. The summed E-state index contributed by atoms with van der Waals surface area (Å²) in [5.41, 5.74) is 0.0504. The molecule has 1 amide bonds. The fourth-order valence-corrected chi connectivity index (χ4v) is 2.90. The summed E-state index contributed by atoms with van der Waals surface area (Å²) in [5.74, 6) is -1.39. The van der Waals surface area contributed by atoms with Crippen LogP contribution in [0.4, 0.5) is 0 Å². The quantitative estimate of drug-likeness (QED) is 0.724. The van der Waals surface area contributed by atoms with E-state index in [2.05, 4.69) is 10.3 Å². The number of aromatic amines is 1. The van der Waals surface area contributed by atoms with Gasteiger partial charge in [0.2, 0.25) is 0 Å². The first kappa shape index (κ1) is 15.3. The predicted molar refractivity (Wildman–Crippen MR) is 76.3 cm³/mol. The Hall–Kier alpha value is -2.11. The van der Waals surface area contributed by atoms with Gasteiger partial charge in [-0.15, -0.1) is 0 Å². The molecular weight excluding hydrogens is 272 g/mol. The monoisotopic (exact) mass is 292 g/mol. The van der Waals surface area contributed by atoms with Crippen LogP contribution in [0.5, 0.6) is 0 Å². The van der Waals surface area contributed by atoms with Gasteiger partial charge in [0, 0.05) is 11.8 Å². The van der Waals surface area contributed by atoms with Gasteiger partial charge in [-0.2, -0.15) is 0 Å². The average molecular weight is 292 g/mol. The van der Waals surface area contributed by atoms with E-state index in [9.17, 15) is 14.4 Å². The molecule has 0 atom stereocenters. The van der Waals surface area contributed by atoms with Crippen LogP contribution in [0.15, 0.2) is 12.3 Å². The van der Waals surface area contributed by atoms with E-state index in [0.717, 1.165) is 19.3 Å². The molecule has 0 aliphatic heterocycles. The van der Waals surface area contributed by atoms with Crippen molar-refractivity contribution in [3.63, 3.8) is 0 Å². The van der Waals surface area contributed by atoms with Gasteiger partial charge in [0.05, 0.1) is 12.0 Å². The van der Waals surface area contributed by atoms with E-state index in [1.165, 1.54) is 19.2 Å². The molecule has 1 saturated carbocycles. The van der Waals surface area contributed by atoms with Crippen LogP contribution in [0, 0.1) is 0 Å². The van der Waals surface area contributed by atoms with Crippen LogP contribution in [0.3, 0.4) is 0 Å². The van der Waals surface area contributed by atoms with Gasteiger partial charge in [-0.1, -0.05) is 19.3 Å². The molecule has 114 valence electrons. The number of aliphatic carboxylic acids is 1. The molecule has 0 radical (unpaired) electrons. The molecule has 1 aromatic rings. The lowest BCUT2D eigenvalue weighted by Crippen LogP contribution is -2.51. The normalized spacial score (nSPS) is 17.2. The summed E-state index contributed by atoms with van der Waals surface area (Å²) in [6.45, 7) is 1.43. The summed E-state index contributed by atoms with van der Waals surface area (Å²) in [4.78, 5) is 37.4. The van der Waals surface area contributed by atoms with Crippen molar-refractivity contribution >= 4 is 17.7 Å². The van der Waals surface area contributed by atoms with E-state index in [0.29, 0.717) is 18.4 Å². The Bertz CT molecular complexity index is 556. The number of H-pyrrole nitrogens is 1. The van der Waals surface area contributed by atoms with Crippen molar-refractivity contribution in [3.8, 4) is 0 Å². The summed E-state index contributed by atoms with van der Waals surface area (Å²) in [5, 5.41) is 12.0. The molecule has 0 aromatic carbocycles. The number of rotatable bonds is 5. The first-order valence-corrected chi connectivity index (χ1v) is 7.15. The third-order valence-electron chi connectivity index (χ3n) is 4.01. The Morgan fingerprint density at radius 3 is 2.48 bits per heavy atom. The van der Waals surface area contributed by atoms with Crippen LogP contribution in [-0.4, -0.2) is 33.3 Å². The molecule has 0 saturated heterocycles. The molecule has 1 aromatic heterocycles. The molecule has 1 fully saturated rings. The van der Waals surface area contributed by atoms with Gasteiger partial charge < -0.3 is 15.4 Å². The molecule has 0 spiro atoms. The zero-order valence-electron chi connectivity index (χ0n) is 12.1. The Kier molecular flexibility index (Phi) is 4.45. The number of hydrogen-bond acceptors (Lipinski definition) is 3. The number of ketones is 1. The molecule has 0 unspecified atom stereocenters. The average Bonchev–Trinajstić information content (AvgIpc) is 2.88. The minimum absolute atomic E-state index is 0.0704. The van der Waals surface area contributed by atoms with Crippen molar-refractivity contribution in [2.75, 3.05) is 0 Å². The molecular formula is C15H20N2O4. The smallest absolute Gasteiger partial charge is 0.305 e. The molecule has 1 aliphatic rings. The second-order valence-electron chi connectivity index (χ2n) is 5.72. The van der Waals surface area contributed by atoms with Gasteiger partial charge in [-0.05, 0) is 25.8 Å². The van der Waals surface area contributed by atoms with Crippen LogP contribution in [0.1, 0.15) is 66.3 Å². The fourth-order valence-electron chi connectivity index (χ4n) is 2.90. The number of carbonyl (C=O) groups is 3. The number of amides is 1. The van der Waals surface area contributed by atoms with E-state index in [1.807, 2.05) is 0 Å². The summed E-state index contributed by atoms with van der Waals surface area (Å²) in [6.07, 6.45) is 5.65. The number of carboxylic acid groups (broad SMARTS) is 1. The van der Waals surface area contributed by atoms with Crippen molar-refractivity contribution in [1.82, 2.24) is 10.3 Å². The van der Waals surface area contributed by atoms with Gasteiger partial charge in [0.25, 0.3) is 5.91 Å². The van der Waals surface area contributed by atoms with Crippen molar-refractivity contribution in [2.24, 2.45) is 0 Å². The standard InChI is InChI=1S/C15H20N2O4/c1-10(18)11-7-12(16-9-11)14(21)17-15(8-13(19)20)5-3-2-4-6-15/h7,9,16H,2-6,8H2,1H3,(H,17,21)(H,19,20). The maximum atomic E-state index is 12.3. The Balaban J connectivity index is 2.13. The van der Waals surface area contributed by atoms with Gasteiger partial charge in [-0.25, -0.2) is 0 Å². The topological polar surface area (TPSA) is 99.3 Å². The first-order valence-electron chi connectivity index (χ1n) is 7.15. The van der Waals surface area contributed by atoms with Gasteiger partial charge >= 0.3 is 5.97 Å². The molecule has 6 nitrogen and oxygen atoms in total. The molecule has 0 bridgehead atoms. The number of aromatic nitrogens is 1. The van der Waals surface area contributed by atoms with Crippen LogP contribution in [0.2, 0.25) is 0 Å². The lowest BCUT2D eigenvalue weighted by molar-refractivity contribution is -0.139. The molecule has 21 heavy (non-hydrogen) atoms. The zero-order chi connectivity index (χ0) is 15.5. The van der Waals surface area contributed by atoms with E-state index >= 15 is 0 Å². The lowest BCUT2D eigenvalue weighted by atomic mass is 9.79. The summed E-state index contributed by atoms with van der Waals surface area (Å²) >= 11 is 0. The maximum absolute atomic E-state index is 12.3. The lowest BCUT2D eigenvalue weighted by Gasteiger charge is -2.36. The van der Waals surface area contributed by atoms with Gasteiger partial charge in [0.15, 0.2) is 5.78 Å². The minimum Gasteiger partial charge on any atom is -0.481 e. The van der Waals surface area contributed by atoms with Gasteiger partial charge in [-0.3, -0.25) is 14.4 Å². The summed E-state index contributed by atoms with van der Waals surface area (Å²) < 4.78 is 0. The van der Waals surface area contributed by atoms with Crippen molar-refractivity contribution < 1.29 is 19.5 Å². The fraction of sp³-hybridized carbons (Fsp3) is 0.533. The van der Waals surface area contributed by atoms with Crippen molar-refractivity contribution in [2.45, 2.75) is 51.0 Å². The second kappa shape index (κ2) is 6.11. The van der Waals surface area contributed by atoms with Crippen LogP contribution in [0.25, 0.3) is 0 Å². The molecule has 6 heteroatoms. The Morgan fingerprint density at radius 2 is 1.95 bits per heavy atom. The summed E-state index contributed by atoms with van der Waals surface area (Å²) in [6, 6.07) is 1.50. The molecule has 1 heterocycles. The van der Waals surface area contributed by atoms with Crippen LogP contribution < -0.4 is 5.32 Å². The number of nitrogens with one attached hydrogen (secondary N) is 2. The molecule has 1 aliphatic carbocycles. The largest absolute Gasteiger partial charge is 0.481 e. The van der Waals surface area contributed by atoms with Gasteiger partial charge in [0.1, 0.15) is 5.69 Å². The molecule has 3 N–H and O–H groups in total. The third-order valence-corrected chi connectivity index (χ3v) is 4.01. The SMILES string of the molecule is CC(=O)c1c[nH]c(C(=O)NC2(CC(=O)O)CCCCC2)c1. The molecule has 2 rings (SSSR count). The van der Waals surface area contributed by atoms with E-state index in [4.69, 9.17) is 5.11 Å². The highest BCUT2D eigenvalue weighted by Gasteiger charge is 2.36. The second-order valence-corrected chi connectivity index (χ2v) is 5.72. The van der Waals surface area contributed by atoms with Crippen molar-refractivity contribution in [3.05, 3.63) is 23.5 Å².